The molecular formula is C12H14N2O2. The molecule has 0 unspecified atom stereocenters. The Balaban J connectivity index is 2.47. The molecule has 0 amide bonds. The Bertz CT molecular complexity index is 396. The lowest BCUT2D eigenvalue weighted by Crippen LogP contribution is -2.07. The van der Waals surface area contributed by atoms with E-state index in [2.05, 4.69) is 16.2 Å². The number of terminal acetylenes is 1. The molecule has 0 aliphatic heterocycles. The minimum atomic E-state index is -0.973. The maximum absolute atomic E-state index is 10.9. The van der Waals surface area contributed by atoms with Crippen molar-refractivity contribution in [2.75, 3.05) is 11.9 Å². The normalized spacial score (nSPS) is 9.44. The first-order chi connectivity index (χ1) is 7.75. The van der Waals surface area contributed by atoms with E-state index in [0.29, 0.717) is 12.2 Å². The number of nitrogens with one attached hydrogen (secondary N) is 1. The Hall–Kier alpha value is -2.02. The van der Waals surface area contributed by atoms with E-state index in [1.807, 2.05) is 0 Å². The molecule has 0 saturated heterocycles. The van der Waals surface area contributed by atoms with E-state index in [1.165, 1.54) is 6.20 Å². The van der Waals surface area contributed by atoms with Gasteiger partial charge in [-0.05, 0) is 18.9 Å². The van der Waals surface area contributed by atoms with Crippen molar-refractivity contribution < 1.29 is 9.90 Å². The van der Waals surface area contributed by atoms with Crippen LogP contribution >= 0.6 is 0 Å². The number of rotatable bonds is 6. The van der Waals surface area contributed by atoms with Crippen LogP contribution in [-0.2, 0) is 0 Å². The van der Waals surface area contributed by atoms with Gasteiger partial charge in [0.2, 0.25) is 0 Å². The van der Waals surface area contributed by atoms with Crippen LogP contribution in [0.15, 0.2) is 18.5 Å². The van der Waals surface area contributed by atoms with Gasteiger partial charge in [0.25, 0.3) is 0 Å². The maximum Gasteiger partial charge on any atom is 0.339 e. The van der Waals surface area contributed by atoms with E-state index in [-0.39, 0.29) is 5.56 Å². The summed E-state index contributed by atoms with van der Waals surface area (Å²) in [6.07, 6.45) is 10.7. The van der Waals surface area contributed by atoms with Gasteiger partial charge >= 0.3 is 5.97 Å². The second-order valence-electron chi connectivity index (χ2n) is 3.31. The molecule has 0 aliphatic rings. The highest BCUT2D eigenvalue weighted by Crippen LogP contribution is 2.13. The number of carboxylic acid groups (broad SMARTS) is 1. The summed E-state index contributed by atoms with van der Waals surface area (Å²) < 4.78 is 0. The summed E-state index contributed by atoms with van der Waals surface area (Å²) in [7, 11) is 0. The second kappa shape index (κ2) is 6.46. The Morgan fingerprint density at radius 1 is 1.56 bits per heavy atom. The van der Waals surface area contributed by atoms with Gasteiger partial charge in [-0.15, -0.1) is 12.3 Å². The van der Waals surface area contributed by atoms with Crippen molar-refractivity contribution in [2.24, 2.45) is 0 Å². The molecule has 4 heteroatoms. The van der Waals surface area contributed by atoms with Crippen LogP contribution in [0, 0.1) is 12.3 Å². The highest BCUT2D eigenvalue weighted by Gasteiger charge is 2.08. The molecule has 16 heavy (non-hydrogen) atoms. The van der Waals surface area contributed by atoms with Crippen molar-refractivity contribution in [2.45, 2.75) is 19.3 Å². The van der Waals surface area contributed by atoms with Gasteiger partial charge in [-0.2, -0.15) is 0 Å². The van der Waals surface area contributed by atoms with Crippen LogP contribution in [0.2, 0.25) is 0 Å². The number of aromatic carboxylic acids is 1. The van der Waals surface area contributed by atoms with E-state index in [9.17, 15) is 4.79 Å². The Labute approximate surface area is 94.7 Å². The van der Waals surface area contributed by atoms with Crippen molar-refractivity contribution in [3.05, 3.63) is 24.0 Å². The first kappa shape index (κ1) is 12.1. The molecule has 0 fully saturated rings. The summed E-state index contributed by atoms with van der Waals surface area (Å²) in [5, 5.41) is 12.0. The summed E-state index contributed by atoms with van der Waals surface area (Å²) in [4.78, 5) is 14.6. The van der Waals surface area contributed by atoms with Gasteiger partial charge in [0.15, 0.2) is 0 Å². The van der Waals surface area contributed by atoms with Crippen LogP contribution in [-0.4, -0.2) is 22.6 Å². The van der Waals surface area contributed by atoms with Crippen molar-refractivity contribution in [1.82, 2.24) is 4.98 Å². The highest BCUT2D eigenvalue weighted by molar-refractivity contribution is 5.93. The third kappa shape index (κ3) is 3.62. The van der Waals surface area contributed by atoms with Gasteiger partial charge < -0.3 is 10.4 Å². The Kier molecular flexibility index (Phi) is 4.87. The number of nitrogens with zero attached hydrogens (tertiary/aromatic N) is 1. The molecule has 1 aromatic rings. The maximum atomic E-state index is 10.9. The lowest BCUT2D eigenvalue weighted by atomic mass is 10.2. The molecular weight excluding hydrogens is 204 g/mol. The summed E-state index contributed by atoms with van der Waals surface area (Å²) in [6, 6.07) is 1.66. The number of pyridine rings is 1. The molecule has 4 nitrogen and oxygen atoms in total. The zero-order valence-electron chi connectivity index (χ0n) is 8.94. The fourth-order valence-electron chi connectivity index (χ4n) is 1.29. The van der Waals surface area contributed by atoms with Crippen LogP contribution in [0.1, 0.15) is 29.6 Å². The zero-order chi connectivity index (χ0) is 11.8. The fraction of sp³-hybridized carbons (Fsp3) is 0.333. The van der Waals surface area contributed by atoms with E-state index in [0.717, 1.165) is 19.3 Å². The number of hydrogen-bond donors (Lipinski definition) is 2. The van der Waals surface area contributed by atoms with E-state index in [1.54, 1.807) is 12.3 Å². The largest absolute Gasteiger partial charge is 0.478 e. The topological polar surface area (TPSA) is 62.2 Å². The number of unbranched alkanes of at least 4 members (excludes halogenated alkanes) is 2. The summed E-state index contributed by atoms with van der Waals surface area (Å²) in [5.41, 5.74) is 0.794. The number of anilines is 1. The van der Waals surface area contributed by atoms with Gasteiger partial charge in [0.1, 0.15) is 5.56 Å². The lowest BCUT2D eigenvalue weighted by Gasteiger charge is -2.07. The average Bonchev–Trinajstić information content (AvgIpc) is 2.29. The van der Waals surface area contributed by atoms with Gasteiger partial charge in [-0.1, -0.05) is 0 Å². The van der Waals surface area contributed by atoms with Crippen LogP contribution < -0.4 is 5.32 Å². The van der Waals surface area contributed by atoms with Gasteiger partial charge in [-0.3, -0.25) is 4.98 Å². The van der Waals surface area contributed by atoms with Crippen LogP contribution in [0.3, 0.4) is 0 Å². The molecule has 0 aliphatic carbocycles. The molecule has 0 spiro atoms. The summed E-state index contributed by atoms with van der Waals surface area (Å²) >= 11 is 0. The molecule has 0 bridgehead atoms. The SMILES string of the molecule is C#CCCCCNc1ccncc1C(=O)O. The van der Waals surface area contributed by atoms with Crippen molar-refractivity contribution in [1.29, 1.82) is 0 Å². The molecule has 1 aromatic heterocycles. The van der Waals surface area contributed by atoms with Crippen molar-refractivity contribution in [3.63, 3.8) is 0 Å². The van der Waals surface area contributed by atoms with Crippen LogP contribution in [0.25, 0.3) is 0 Å². The number of hydrogen-bond acceptors (Lipinski definition) is 3. The van der Waals surface area contributed by atoms with Crippen LogP contribution in [0.4, 0.5) is 5.69 Å². The molecule has 0 aromatic carbocycles. The predicted octanol–water partition coefficient (Wildman–Crippen LogP) is 2.00. The molecule has 0 radical (unpaired) electrons. The quantitative estimate of drug-likeness (QED) is 0.566. The Morgan fingerprint density at radius 3 is 3.06 bits per heavy atom. The molecule has 0 saturated carbocycles. The average molecular weight is 218 g/mol. The third-order valence-electron chi connectivity index (χ3n) is 2.11. The first-order valence-electron chi connectivity index (χ1n) is 5.10. The van der Waals surface area contributed by atoms with E-state index >= 15 is 0 Å². The van der Waals surface area contributed by atoms with Gasteiger partial charge in [0.05, 0.1) is 5.69 Å². The number of carboxylic acids is 1. The minimum absolute atomic E-state index is 0.194. The monoisotopic (exact) mass is 218 g/mol. The molecule has 84 valence electrons. The van der Waals surface area contributed by atoms with E-state index < -0.39 is 5.97 Å². The van der Waals surface area contributed by atoms with Crippen molar-refractivity contribution in [3.8, 4) is 12.3 Å². The first-order valence-corrected chi connectivity index (χ1v) is 5.10. The second-order valence-corrected chi connectivity index (χ2v) is 3.31. The smallest absolute Gasteiger partial charge is 0.339 e. The Morgan fingerprint density at radius 2 is 2.38 bits per heavy atom. The minimum Gasteiger partial charge on any atom is -0.478 e. The standard InChI is InChI=1S/C12H14N2O2/c1-2-3-4-5-7-14-11-6-8-13-9-10(11)12(15)16/h1,6,8-9H,3-5,7H2,(H,13,14)(H,15,16). The highest BCUT2D eigenvalue weighted by atomic mass is 16.4. The molecule has 1 rings (SSSR count). The lowest BCUT2D eigenvalue weighted by molar-refractivity contribution is 0.0697. The van der Waals surface area contributed by atoms with Crippen molar-refractivity contribution >= 4 is 11.7 Å². The number of aromatic nitrogens is 1. The molecule has 0 atom stereocenters. The molecule has 1 heterocycles. The van der Waals surface area contributed by atoms with Gasteiger partial charge in [-0.25, -0.2) is 4.79 Å². The summed E-state index contributed by atoms with van der Waals surface area (Å²) in [5.74, 6) is 1.59. The number of carbonyl (C=O) groups is 1. The fourth-order valence-corrected chi connectivity index (χ4v) is 1.29. The third-order valence-corrected chi connectivity index (χ3v) is 2.11. The van der Waals surface area contributed by atoms with Crippen LogP contribution in [0.5, 0.6) is 0 Å². The predicted molar refractivity (Wildman–Crippen MR) is 62.4 cm³/mol. The summed E-state index contributed by atoms with van der Waals surface area (Å²) in [6.45, 7) is 0.714. The zero-order valence-corrected chi connectivity index (χ0v) is 8.94. The van der Waals surface area contributed by atoms with Gasteiger partial charge in [0, 0.05) is 25.4 Å². The molecule has 2 N–H and O–H groups in total. The van der Waals surface area contributed by atoms with E-state index in [4.69, 9.17) is 11.5 Å².